The van der Waals surface area contributed by atoms with Gasteiger partial charge in [-0.3, -0.25) is 4.79 Å². The summed E-state index contributed by atoms with van der Waals surface area (Å²) >= 11 is 0. The number of nitrogens with one attached hydrogen (secondary N) is 1. The highest BCUT2D eigenvalue weighted by atomic mass is 35.5. The first-order valence-electron chi connectivity index (χ1n) is 7.02. The number of likely N-dealkylation sites (tertiary alicyclic amines) is 1. The summed E-state index contributed by atoms with van der Waals surface area (Å²) in [6.45, 7) is 3.01. The van der Waals surface area contributed by atoms with Gasteiger partial charge in [0.15, 0.2) is 0 Å². The number of hydrogen-bond acceptors (Lipinski definition) is 2. The molecule has 0 radical (unpaired) electrons. The molecule has 1 saturated heterocycles. The molecule has 1 aromatic rings. The van der Waals surface area contributed by atoms with E-state index in [2.05, 4.69) is 10.2 Å². The molecule has 1 N–H and O–H groups in total. The van der Waals surface area contributed by atoms with Crippen LogP contribution in [0, 0.1) is 5.82 Å². The summed E-state index contributed by atoms with van der Waals surface area (Å²) in [6.07, 6.45) is 5.58. The molecule has 0 saturated carbocycles. The molecule has 0 unspecified atom stereocenters. The highest BCUT2D eigenvalue weighted by Crippen LogP contribution is 2.11. The average Bonchev–Trinajstić information content (AvgIpc) is 2.68. The average molecular weight is 300 g/mol. The van der Waals surface area contributed by atoms with E-state index in [-0.39, 0.29) is 24.1 Å². The van der Waals surface area contributed by atoms with Crippen molar-refractivity contribution >= 4 is 11.6 Å². The third-order valence-corrected chi connectivity index (χ3v) is 3.48. The molecule has 1 heterocycles. The number of carbonyl (C=O) groups excluding carboxylic acids is 1. The number of anilines is 1. The number of rotatable bonds is 4. The molecule has 1 amide bonds. The molecule has 1 fully saturated rings. The van der Waals surface area contributed by atoms with E-state index in [0.29, 0.717) is 12.1 Å². The Kier molecular flexibility index (Phi) is 7.55. The summed E-state index contributed by atoms with van der Waals surface area (Å²) in [6, 6.07) is 5.87. The smallest absolute Gasteiger partial charge is 0.225 e. The van der Waals surface area contributed by atoms with Crippen LogP contribution in [0.2, 0.25) is 0 Å². The van der Waals surface area contributed by atoms with Gasteiger partial charge in [0.05, 0.1) is 0 Å². The zero-order valence-corrected chi connectivity index (χ0v) is 12.3. The minimum absolute atomic E-state index is 0. The predicted molar refractivity (Wildman–Crippen MR) is 74.6 cm³/mol. The van der Waals surface area contributed by atoms with Crippen molar-refractivity contribution in [3.8, 4) is 0 Å². The molecule has 112 valence electrons. The number of amides is 1. The Morgan fingerprint density at radius 2 is 1.70 bits per heavy atom. The van der Waals surface area contributed by atoms with E-state index in [9.17, 15) is 9.18 Å². The summed E-state index contributed by atoms with van der Waals surface area (Å²) in [5.74, 6) is -0.293. The molecule has 0 aliphatic carbocycles. The Morgan fingerprint density at radius 1 is 1.10 bits per heavy atom. The van der Waals surface area contributed by atoms with Crippen LogP contribution in [0.25, 0.3) is 0 Å². The third-order valence-electron chi connectivity index (χ3n) is 3.48. The van der Waals surface area contributed by atoms with E-state index in [4.69, 9.17) is 0 Å². The molecular formula is C15H21ClFN2O-. The van der Waals surface area contributed by atoms with Gasteiger partial charge in [-0.25, -0.2) is 4.39 Å². The van der Waals surface area contributed by atoms with E-state index in [1.165, 1.54) is 37.8 Å². The molecule has 3 nitrogen and oxygen atoms in total. The zero-order chi connectivity index (χ0) is 13.5. The first-order chi connectivity index (χ1) is 9.24. The van der Waals surface area contributed by atoms with Gasteiger partial charge in [-0.2, -0.15) is 0 Å². The van der Waals surface area contributed by atoms with E-state index < -0.39 is 0 Å². The van der Waals surface area contributed by atoms with Crippen molar-refractivity contribution in [2.45, 2.75) is 32.1 Å². The summed E-state index contributed by atoms with van der Waals surface area (Å²) < 4.78 is 12.7. The summed E-state index contributed by atoms with van der Waals surface area (Å²) in [4.78, 5) is 14.2. The van der Waals surface area contributed by atoms with Crippen LogP contribution < -0.4 is 17.7 Å². The Hall–Kier alpha value is -1.13. The number of halogens is 2. The SMILES string of the molecule is O=C(CCN1CCCCCC1)Nc1ccc(F)cc1.[Cl-]. The number of nitrogens with zero attached hydrogens (tertiary/aromatic N) is 1. The number of hydrogen-bond donors (Lipinski definition) is 1. The number of benzene rings is 1. The second-order valence-electron chi connectivity index (χ2n) is 5.06. The number of carbonyl (C=O) groups is 1. The Labute approximate surface area is 125 Å². The summed E-state index contributed by atoms with van der Waals surface area (Å²) in [5.41, 5.74) is 0.655. The van der Waals surface area contributed by atoms with Gasteiger partial charge < -0.3 is 22.6 Å². The van der Waals surface area contributed by atoms with Crippen molar-refractivity contribution in [1.82, 2.24) is 4.90 Å². The van der Waals surface area contributed by atoms with Crippen LogP contribution in [0.4, 0.5) is 10.1 Å². The molecule has 1 aliphatic rings. The molecule has 2 rings (SSSR count). The lowest BCUT2D eigenvalue weighted by Gasteiger charge is -2.19. The van der Waals surface area contributed by atoms with Crippen LogP contribution in [0.1, 0.15) is 32.1 Å². The van der Waals surface area contributed by atoms with Crippen LogP contribution in [0.5, 0.6) is 0 Å². The van der Waals surface area contributed by atoms with Crippen LogP contribution in [0.3, 0.4) is 0 Å². The van der Waals surface area contributed by atoms with E-state index in [1.807, 2.05) is 0 Å². The predicted octanol–water partition coefficient (Wildman–Crippen LogP) is 0.0343. The molecule has 0 spiro atoms. The fourth-order valence-electron chi connectivity index (χ4n) is 2.38. The van der Waals surface area contributed by atoms with Crippen molar-refractivity contribution in [3.05, 3.63) is 30.1 Å². The summed E-state index contributed by atoms with van der Waals surface area (Å²) in [7, 11) is 0. The molecule has 0 bridgehead atoms. The van der Waals surface area contributed by atoms with Crippen molar-refractivity contribution in [3.63, 3.8) is 0 Å². The van der Waals surface area contributed by atoms with Crippen molar-refractivity contribution in [1.29, 1.82) is 0 Å². The minimum Gasteiger partial charge on any atom is -1.00 e. The molecule has 5 heteroatoms. The molecule has 0 aromatic heterocycles. The lowest BCUT2D eigenvalue weighted by atomic mass is 10.2. The normalized spacial score (nSPS) is 16.1. The summed E-state index contributed by atoms with van der Waals surface area (Å²) in [5, 5.41) is 2.79. The Bertz CT molecular complexity index is 403. The van der Waals surface area contributed by atoms with Gasteiger partial charge in [0, 0.05) is 18.7 Å². The van der Waals surface area contributed by atoms with Gasteiger partial charge >= 0.3 is 0 Å². The maximum absolute atomic E-state index is 12.7. The zero-order valence-electron chi connectivity index (χ0n) is 11.6. The van der Waals surface area contributed by atoms with E-state index >= 15 is 0 Å². The molecule has 20 heavy (non-hydrogen) atoms. The highest BCUT2D eigenvalue weighted by molar-refractivity contribution is 5.90. The van der Waals surface area contributed by atoms with Crippen molar-refractivity contribution in [2.24, 2.45) is 0 Å². The van der Waals surface area contributed by atoms with Gasteiger partial charge in [0.2, 0.25) is 5.91 Å². The highest BCUT2D eigenvalue weighted by Gasteiger charge is 2.10. The third kappa shape index (κ3) is 5.88. The van der Waals surface area contributed by atoms with Gasteiger partial charge in [0.25, 0.3) is 0 Å². The van der Waals surface area contributed by atoms with E-state index in [0.717, 1.165) is 19.6 Å². The van der Waals surface area contributed by atoms with Crippen molar-refractivity contribution < 1.29 is 21.6 Å². The maximum Gasteiger partial charge on any atom is 0.225 e. The molecule has 1 aromatic carbocycles. The minimum atomic E-state index is -0.289. The fraction of sp³-hybridized carbons (Fsp3) is 0.533. The van der Waals surface area contributed by atoms with E-state index in [1.54, 1.807) is 12.1 Å². The largest absolute Gasteiger partial charge is 1.00 e. The van der Waals surface area contributed by atoms with Gasteiger partial charge in [-0.15, -0.1) is 0 Å². The first kappa shape index (κ1) is 16.9. The molecular weight excluding hydrogens is 279 g/mol. The topological polar surface area (TPSA) is 32.3 Å². The maximum atomic E-state index is 12.7. The van der Waals surface area contributed by atoms with Crippen LogP contribution in [-0.2, 0) is 4.79 Å². The van der Waals surface area contributed by atoms with Gasteiger partial charge in [0.1, 0.15) is 5.82 Å². The van der Waals surface area contributed by atoms with Gasteiger partial charge in [-0.1, -0.05) is 12.8 Å². The van der Waals surface area contributed by atoms with Gasteiger partial charge in [-0.05, 0) is 50.2 Å². The lowest BCUT2D eigenvalue weighted by Crippen LogP contribution is -3.00. The first-order valence-corrected chi connectivity index (χ1v) is 7.02. The standard InChI is InChI=1S/C15H21FN2O.ClH/c16-13-5-7-14(8-6-13)17-15(19)9-12-18-10-3-1-2-4-11-18;/h5-8H,1-4,9-12H2,(H,17,19);1H/p-1. The fourth-order valence-corrected chi connectivity index (χ4v) is 2.38. The Balaban J connectivity index is 0.00000200. The van der Waals surface area contributed by atoms with Crippen molar-refractivity contribution in [2.75, 3.05) is 25.0 Å². The second kappa shape index (κ2) is 8.93. The van der Waals surface area contributed by atoms with Crippen LogP contribution in [-0.4, -0.2) is 30.4 Å². The molecule has 0 atom stereocenters. The Morgan fingerprint density at radius 3 is 2.30 bits per heavy atom. The lowest BCUT2D eigenvalue weighted by molar-refractivity contribution is -0.116. The van der Waals surface area contributed by atoms with Crippen LogP contribution in [0.15, 0.2) is 24.3 Å². The monoisotopic (exact) mass is 299 g/mol. The quantitative estimate of drug-likeness (QED) is 0.851. The second-order valence-corrected chi connectivity index (χ2v) is 5.06. The van der Waals surface area contributed by atoms with Crippen LogP contribution >= 0.6 is 0 Å². The molecule has 1 aliphatic heterocycles.